The Bertz CT molecular complexity index is 3210. The van der Waals surface area contributed by atoms with Gasteiger partial charge in [-0.3, -0.25) is 18.7 Å². The fourth-order valence-corrected chi connectivity index (χ4v) is 7.14. The fraction of sp³-hybridized carbons (Fsp3) is 0.190. The first-order valence-corrected chi connectivity index (χ1v) is 19.7. The van der Waals surface area contributed by atoms with Crippen molar-refractivity contribution in [1.82, 2.24) is 29.1 Å². The van der Waals surface area contributed by atoms with E-state index in [-0.39, 0.29) is 52.8 Å². The number of pyridine rings is 2. The van der Waals surface area contributed by atoms with Gasteiger partial charge in [-0.15, -0.1) is 0 Å². The zero-order valence-electron chi connectivity index (χ0n) is 32.7. The summed E-state index contributed by atoms with van der Waals surface area (Å²) < 4.78 is 13.4. The molecule has 0 atom stereocenters. The number of ether oxygens (including phenoxy) is 2. The second-order valence-electron chi connectivity index (χ2n) is 13.3. The van der Waals surface area contributed by atoms with Crippen LogP contribution < -0.4 is 32.9 Å². The van der Waals surface area contributed by atoms with E-state index < -0.39 is 17.4 Å². The molecule has 0 radical (unpaired) electrons. The fourth-order valence-electron chi connectivity index (χ4n) is 6.84. The van der Waals surface area contributed by atoms with Crippen LogP contribution in [0.1, 0.15) is 48.7 Å². The Morgan fingerprint density at radius 1 is 0.550 bits per heavy atom. The Labute approximate surface area is 349 Å². The number of nitrogens with zero attached hydrogens (tertiary/aromatic N) is 2. The molecule has 0 aliphatic heterocycles. The number of hydrogen-bond donors (Lipinski definition) is 6. The molecule has 0 bridgehead atoms. The zero-order chi connectivity index (χ0) is 42.8. The summed E-state index contributed by atoms with van der Waals surface area (Å²) in [4.78, 5) is 87.3. The number of fused-ring (bicyclic) bond motifs is 4. The van der Waals surface area contributed by atoms with E-state index in [0.717, 1.165) is 5.52 Å². The predicted octanol–water partition coefficient (Wildman–Crippen LogP) is 7.53. The van der Waals surface area contributed by atoms with Gasteiger partial charge in [0, 0.05) is 45.3 Å². The Morgan fingerprint density at radius 3 is 1.63 bits per heavy atom. The molecule has 0 spiro atoms. The molecular weight excluding hydrogens is 815 g/mol. The lowest BCUT2D eigenvalue weighted by molar-refractivity contribution is 0.0511. The molecule has 60 heavy (non-hydrogen) atoms. The van der Waals surface area contributed by atoms with E-state index in [4.69, 9.17) is 32.7 Å². The van der Waals surface area contributed by atoms with Gasteiger partial charge in [-0.25, -0.2) is 19.2 Å². The molecule has 4 heterocycles. The highest BCUT2D eigenvalue weighted by molar-refractivity contribution is 6.31. The van der Waals surface area contributed by atoms with Crippen molar-refractivity contribution in [3.05, 3.63) is 136 Å². The van der Waals surface area contributed by atoms with E-state index in [1.165, 1.54) is 6.07 Å². The third kappa shape index (κ3) is 7.89. The lowest BCUT2D eigenvalue weighted by Crippen LogP contribution is -2.19. The van der Waals surface area contributed by atoms with Crippen LogP contribution in [0.15, 0.2) is 92.0 Å². The number of benzene rings is 4. The summed E-state index contributed by atoms with van der Waals surface area (Å²) in [6.07, 6.45) is 0. The summed E-state index contributed by atoms with van der Waals surface area (Å²) in [7, 11) is 0. The highest BCUT2D eigenvalue weighted by Crippen LogP contribution is 2.27. The smallest absolute Gasteiger partial charge is 0.357 e. The monoisotopic (exact) mass is 852 g/mol. The topological polar surface area (TPSA) is 218 Å². The average molecular weight is 854 g/mol. The van der Waals surface area contributed by atoms with Crippen LogP contribution in [0.25, 0.3) is 43.9 Å². The van der Waals surface area contributed by atoms with E-state index in [0.29, 0.717) is 72.9 Å². The highest BCUT2D eigenvalue weighted by Gasteiger charge is 2.22. The number of anilines is 4. The highest BCUT2D eigenvalue weighted by atomic mass is 35.5. The Morgan fingerprint density at radius 2 is 1.05 bits per heavy atom. The molecule has 308 valence electrons. The molecule has 0 fully saturated rings. The van der Waals surface area contributed by atoms with E-state index in [1.54, 1.807) is 89.7 Å². The molecular formula is C42H38Cl2N8O8. The lowest BCUT2D eigenvalue weighted by atomic mass is 10.1. The Kier molecular flexibility index (Phi) is 11.7. The van der Waals surface area contributed by atoms with Crippen molar-refractivity contribution in [1.29, 1.82) is 0 Å². The van der Waals surface area contributed by atoms with E-state index in [9.17, 15) is 28.8 Å². The van der Waals surface area contributed by atoms with E-state index in [2.05, 4.69) is 30.6 Å². The number of halogens is 2. The van der Waals surface area contributed by atoms with Gasteiger partial charge < -0.3 is 40.0 Å². The minimum absolute atomic E-state index is 0.000853. The molecule has 4 aromatic carbocycles. The van der Waals surface area contributed by atoms with Gasteiger partial charge in [0.2, 0.25) is 10.9 Å². The summed E-state index contributed by atoms with van der Waals surface area (Å²) in [5, 5.41) is 7.64. The van der Waals surface area contributed by atoms with Crippen molar-refractivity contribution in [2.24, 2.45) is 0 Å². The first kappa shape index (κ1) is 41.1. The summed E-state index contributed by atoms with van der Waals surface area (Å²) in [5.74, 6) is -1.31. The van der Waals surface area contributed by atoms with Crippen LogP contribution in [0.5, 0.6) is 0 Å². The van der Waals surface area contributed by atoms with Crippen LogP contribution in [-0.2, 0) is 22.6 Å². The maximum absolute atomic E-state index is 13.4. The molecule has 6 N–H and O–H groups in total. The maximum Gasteiger partial charge on any atom is 0.357 e. The third-order valence-corrected chi connectivity index (χ3v) is 10.1. The molecule has 0 unspecified atom stereocenters. The van der Waals surface area contributed by atoms with Crippen molar-refractivity contribution in [3.8, 4) is 0 Å². The van der Waals surface area contributed by atoms with Crippen LogP contribution in [-0.4, -0.2) is 54.2 Å². The van der Waals surface area contributed by atoms with Gasteiger partial charge in [0.05, 0.1) is 46.3 Å². The molecule has 0 saturated heterocycles. The number of esters is 2. The number of aryl methyl sites for hydroxylation is 2. The summed E-state index contributed by atoms with van der Waals surface area (Å²) in [6.45, 7) is 8.41. The number of carbonyl (C=O) groups excluding carboxylic acids is 2. The number of rotatable bonds is 10. The van der Waals surface area contributed by atoms with E-state index >= 15 is 0 Å². The van der Waals surface area contributed by atoms with Crippen LogP contribution in [0.2, 0.25) is 10.0 Å². The number of imidazole rings is 2. The van der Waals surface area contributed by atoms with Gasteiger partial charge in [-0.05, 0) is 100 Å². The van der Waals surface area contributed by atoms with Gasteiger partial charge in [0.25, 0.3) is 0 Å². The average Bonchev–Trinajstić information content (AvgIpc) is 3.72. The largest absolute Gasteiger partial charge is 0.461 e. The minimum atomic E-state index is -0.660. The summed E-state index contributed by atoms with van der Waals surface area (Å²) in [5.41, 5.74) is 3.40. The quantitative estimate of drug-likeness (QED) is 0.0743. The number of carbonyl (C=O) groups is 2. The van der Waals surface area contributed by atoms with Crippen molar-refractivity contribution in [3.63, 3.8) is 0 Å². The predicted molar refractivity (Wildman–Crippen MR) is 234 cm³/mol. The van der Waals surface area contributed by atoms with Gasteiger partial charge in [0.1, 0.15) is 11.4 Å². The SMILES string of the molecule is CCOC(=O)c1[nH]c2cc3[nH]c(=O)n(CC)c3cc2c(=O)c1Nc1ccc(Cl)cc1.CCOC(=O)c1[nH]c2ccc(Cl)cc2c(=O)c1Nc1ccc2c(c1)[nH]c(=O)n2CC. The van der Waals surface area contributed by atoms with Gasteiger partial charge in [-0.2, -0.15) is 0 Å². The minimum Gasteiger partial charge on any atom is -0.461 e. The first-order valence-electron chi connectivity index (χ1n) is 18.9. The van der Waals surface area contributed by atoms with Gasteiger partial charge in [-0.1, -0.05) is 23.2 Å². The maximum atomic E-state index is 13.4. The second-order valence-corrected chi connectivity index (χ2v) is 14.2. The zero-order valence-corrected chi connectivity index (χ0v) is 34.2. The van der Waals surface area contributed by atoms with Crippen molar-refractivity contribution >= 4 is 102 Å². The third-order valence-electron chi connectivity index (χ3n) is 9.61. The molecule has 0 saturated carbocycles. The summed E-state index contributed by atoms with van der Waals surface area (Å²) in [6, 6.07) is 20.1. The molecule has 0 aliphatic rings. The van der Waals surface area contributed by atoms with Crippen molar-refractivity contribution < 1.29 is 19.1 Å². The molecule has 8 rings (SSSR count). The lowest BCUT2D eigenvalue weighted by Gasteiger charge is -2.13. The molecule has 4 aromatic heterocycles. The number of hydrogen-bond acceptors (Lipinski definition) is 10. The van der Waals surface area contributed by atoms with Gasteiger partial charge >= 0.3 is 23.3 Å². The van der Waals surface area contributed by atoms with Crippen LogP contribution in [0.3, 0.4) is 0 Å². The number of aromatic amines is 4. The van der Waals surface area contributed by atoms with E-state index in [1.807, 2.05) is 13.8 Å². The normalized spacial score (nSPS) is 11.2. The Balaban J connectivity index is 0.000000181. The molecule has 18 heteroatoms. The van der Waals surface area contributed by atoms with Crippen LogP contribution >= 0.6 is 23.2 Å². The first-order chi connectivity index (χ1) is 28.8. The van der Waals surface area contributed by atoms with Crippen LogP contribution in [0, 0.1) is 0 Å². The number of nitrogens with one attached hydrogen (secondary N) is 6. The van der Waals surface area contributed by atoms with Crippen molar-refractivity contribution in [2.75, 3.05) is 23.8 Å². The number of H-pyrrole nitrogens is 4. The molecule has 0 amide bonds. The summed E-state index contributed by atoms with van der Waals surface area (Å²) >= 11 is 12.0. The standard InChI is InChI=1S/2C21H19ClN4O4/c1-3-26-16-8-6-12(10-15(16)25-21(26)29)23-17-18(20(28)30-4-2)24-14-7-5-11(22)9-13(14)19(17)27;1-3-26-16-9-13-14(10-15(16)25-21(26)29)24-18(20(28)30-4-2)17(19(13)27)23-12-7-5-11(22)6-8-12/h2*5-10,23H,3-4H2,1-2H3,(H,24,27)(H,25,29). The molecule has 8 aromatic rings. The van der Waals surface area contributed by atoms with Crippen LogP contribution in [0.4, 0.5) is 22.7 Å². The molecule has 16 nitrogen and oxygen atoms in total. The molecule has 0 aliphatic carbocycles. The second kappa shape index (κ2) is 17.1. The van der Waals surface area contributed by atoms with Gasteiger partial charge in [0.15, 0.2) is 11.4 Å². The van der Waals surface area contributed by atoms with Crippen molar-refractivity contribution in [2.45, 2.75) is 40.8 Å². The Hall–Kier alpha value is -7.04. The number of aromatic nitrogens is 6.